The lowest BCUT2D eigenvalue weighted by Crippen LogP contribution is -2.61. The molecule has 3 N–H and O–H groups in total. The summed E-state index contributed by atoms with van der Waals surface area (Å²) in [7, 11) is 4.52. The molecule has 0 radical (unpaired) electrons. The molecule has 3 fully saturated rings. The third-order valence-corrected chi connectivity index (χ3v) is 14.5. The summed E-state index contributed by atoms with van der Waals surface area (Å²) in [6, 6.07) is -1.14. The summed E-state index contributed by atoms with van der Waals surface area (Å²) in [5, 5.41) is 33.8. The summed E-state index contributed by atoms with van der Waals surface area (Å²) in [5.41, 5.74) is 1.27. The highest BCUT2D eigenvalue weighted by atomic mass is 16.6. The van der Waals surface area contributed by atoms with Crippen LogP contribution in [0.1, 0.15) is 126 Å². The van der Waals surface area contributed by atoms with E-state index in [0.29, 0.717) is 63.4 Å². The number of aliphatic hydroxyl groups excluding tert-OH is 2. The fraction of sp³-hybridized carbons (Fsp3) is 0.745. The lowest BCUT2D eigenvalue weighted by Gasteiger charge is -2.42. The van der Waals surface area contributed by atoms with Gasteiger partial charge in [0, 0.05) is 58.5 Å². The number of allylic oxidation sites excluding steroid dienone is 6. The second-order valence-electron chi connectivity index (χ2n) is 19.6. The Bertz CT molecular complexity index is 1760. The van der Waals surface area contributed by atoms with E-state index >= 15 is 0 Å². The number of esters is 1. The highest BCUT2D eigenvalue weighted by molar-refractivity contribution is 6.39. The summed E-state index contributed by atoms with van der Waals surface area (Å²) in [5.74, 6) is -7.96. The van der Waals surface area contributed by atoms with Crippen molar-refractivity contribution in [3.05, 3.63) is 47.6 Å². The summed E-state index contributed by atoms with van der Waals surface area (Å²) in [6.07, 6.45) is 11.2. The molecule has 0 spiro atoms. The second-order valence-corrected chi connectivity index (χ2v) is 19.6. The molecule has 4 rings (SSSR count). The van der Waals surface area contributed by atoms with Crippen LogP contribution in [0.3, 0.4) is 0 Å². The minimum absolute atomic E-state index is 0.0193. The van der Waals surface area contributed by atoms with Crippen molar-refractivity contribution < 1.29 is 63.0 Å². The Hall–Kier alpha value is -3.37. The molecule has 2 bridgehead atoms. The largest absolute Gasteiger partial charge is 0.460 e. The van der Waals surface area contributed by atoms with Crippen LogP contribution in [0.5, 0.6) is 0 Å². The molecule has 2 saturated heterocycles. The van der Waals surface area contributed by atoms with Crippen molar-refractivity contribution in [2.75, 3.05) is 27.9 Å². The van der Waals surface area contributed by atoms with Crippen LogP contribution in [0, 0.1) is 35.5 Å². The lowest BCUT2D eigenvalue weighted by molar-refractivity contribution is -0.265. The van der Waals surface area contributed by atoms with Gasteiger partial charge in [-0.2, -0.15) is 0 Å². The number of Topliss-reactive ketones (excluding diaryl/α,β-unsaturated/α-hetero) is 3. The van der Waals surface area contributed by atoms with E-state index in [0.717, 1.165) is 12.0 Å². The van der Waals surface area contributed by atoms with Crippen molar-refractivity contribution in [2.24, 2.45) is 35.5 Å². The number of carbonyl (C=O) groups is 5. The third kappa shape index (κ3) is 14.3. The number of nitrogens with zero attached hydrogens (tertiary/aromatic N) is 1. The number of carbonyl (C=O) groups excluding carboxylic acids is 5. The molecule has 4 aliphatic rings. The van der Waals surface area contributed by atoms with Gasteiger partial charge in [-0.05, 0) is 107 Å². The number of cyclic esters (lactones) is 1. The molecule has 14 nitrogen and oxygen atoms in total. The molecule has 3 aliphatic heterocycles. The maximum absolute atomic E-state index is 14.4. The molecule has 14 heteroatoms. The maximum atomic E-state index is 14.4. The van der Waals surface area contributed by atoms with Crippen molar-refractivity contribution in [3.63, 3.8) is 0 Å². The molecule has 3 heterocycles. The number of methoxy groups -OCH3 is 3. The molecule has 1 saturated carbocycles. The Labute approximate surface area is 387 Å². The second kappa shape index (κ2) is 25.1. The number of ether oxygens (including phenoxy) is 5. The Morgan fingerprint density at radius 2 is 1.57 bits per heavy atom. The highest BCUT2D eigenvalue weighted by Crippen LogP contribution is 2.38. The summed E-state index contributed by atoms with van der Waals surface area (Å²) >= 11 is 0. The number of piperidine rings is 1. The number of fused-ring (bicyclic) bond motifs is 3. The van der Waals surface area contributed by atoms with Crippen LogP contribution in [-0.2, 0) is 47.7 Å². The first-order chi connectivity index (χ1) is 30.7. The quantitative estimate of drug-likeness (QED) is 0.156. The zero-order valence-corrected chi connectivity index (χ0v) is 40.6. The molecule has 1 aliphatic carbocycles. The molecular formula is C51H79NO13. The fourth-order valence-corrected chi connectivity index (χ4v) is 10.1. The van der Waals surface area contributed by atoms with Gasteiger partial charge in [-0.1, -0.05) is 71.1 Å². The first-order valence-electron chi connectivity index (χ1n) is 23.9. The highest BCUT2D eigenvalue weighted by Gasteiger charge is 2.53. The van der Waals surface area contributed by atoms with Gasteiger partial charge >= 0.3 is 5.97 Å². The molecular weight excluding hydrogens is 835 g/mol. The number of hydrogen-bond donors (Lipinski definition) is 3. The van der Waals surface area contributed by atoms with Crippen LogP contribution in [0.15, 0.2) is 47.6 Å². The van der Waals surface area contributed by atoms with Crippen molar-refractivity contribution in [3.8, 4) is 0 Å². The Morgan fingerprint density at radius 3 is 2.25 bits per heavy atom. The molecule has 1 amide bonds. The average Bonchev–Trinajstić information content (AvgIpc) is 3.28. The molecule has 65 heavy (non-hydrogen) atoms. The first kappa shape index (κ1) is 54.2. The van der Waals surface area contributed by atoms with Gasteiger partial charge < -0.3 is 43.9 Å². The first-order valence-corrected chi connectivity index (χ1v) is 23.9. The van der Waals surface area contributed by atoms with E-state index in [2.05, 4.69) is 0 Å². The monoisotopic (exact) mass is 914 g/mol. The molecule has 15 atom stereocenters. The fourth-order valence-electron chi connectivity index (χ4n) is 10.1. The van der Waals surface area contributed by atoms with Gasteiger partial charge in [0.1, 0.15) is 30.1 Å². The molecule has 0 aromatic heterocycles. The SMILES string of the molecule is CO[C@@H]1C(=O)[C@H](C)C[C@H](C)/C=C/C=C/C=C(\C)[C@H](OC)C[C@@H]2CC[C@@H](C)[C@@](O)(O2)C(=O)C(=O)N2CCCC[C@H]2C(=O)O[C@H]([C@H](C)C[C@@H]2CC[C@@H](O)[C@H](OC)C2)CC(=O)[C@H](C)/C=C(\C)[C@@H]1O. The van der Waals surface area contributed by atoms with Crippen LogP contribution < -0.4 is 0 Å². The Kier molecular flexibility index (Phi) is 21.0. The lowest BCUT2D eigenvalue weighted by atomic mass is 9.78. The summed E-state index contributed by atoms with van der Waals surface area (Å²) in [6.45, 7) is 12.7. The number of ketones is 3. The van der Waals surface area contributed by atoms with Crippen molar-refractivity contribution in [1.29, 1.82) is 0 Å². The van der Waals surface area contributed by atoms with Gasteiger partial charge in [-0.25, -0.2) is 4.79 Å². The van der Waals surface area contributed by atoms with Crippen LogP contribution in [-0.4, -0.2) is 132 Å². The van der Waals surface area contributed by atoms with Crippen LogP contribution >= 0.6 is 0 Å². The number of amides is 1. The third-order valence-electron chi connectivity index (χ3n) is 14.5. The van der Waals surface area contributed by atoms with Gasteiger partial charge in [0.25, 0.3) is 11.7 Å². The van der Waals surface area contributed by atoms with Crippen molar-refractivity contribution in [2.45, 2.75) is 180 Å². The number of aliphatic hydroxyl groups is 3. The Morgan fingerprint density at radius 1 is 0.846 bits per heavy atom. The van der Waals surface area contributed by atoms with E-state index in [1.54, 1.807) is 41.1 Å². The number of hydrogen-bond acceptors (Lipinski definition) is 13. The summed E-state index contributed by atoms with van der Waals surface area (Å²) < 4.78 is 29.4. The molecule has 366 valence electrons. The standard InChI is InChI=1S/C51H79NO13/c1-30-16-12-11-13-17-31(2)42(61-8)28-38-21-19-36(7)51(60,65-38)48(57)49(58)52-23-15-14-18-39(52)50(59)64-43(33(4)26-37-20-22-40(53)44(27-37)62-9)29-41(54)32(3)25-35(6)46(56)47(63-10)45(55)34(5)24-30/h11-13,16-17,25,30,32-34,36-40,42-44,46-47,53,56,60H,14-15,18-24,26-29H2,1-10H3/b13-11+,16-12+,31-17+,35-25+/t30-,32-,33-,34-,36-,37+,38+,39+,40-,42-,43+,44-,46+,47-,51-/m1/s1. The normalized spacial score (nSPS) is 40.4. The van der Waals surface area contributed by atoms with Gasteiger partial charge in [-0.15, -0.1) is 0 Å². The minimum Gasteiger partial charge on any atom is -0.460 e. The maximum Gasteiger partial charge on any atom is 0.329 e. The molecule has 0 aromatic carbocycles. The van der Waals surface area contributed by atoms with Crippen molar-refractivity contribution in [1.82, 2.24) is 4.90 Å². The average molecular weight is 914 g/mol. The minimum atomic E-state index is -2.43. The smallest absolute Gasteiger partial charge is 0.329 e. The van der Waals surface area contributed by atoms with Crippen molar-refractivity contribution >= 4 is 29.2 Å². The predicted octanol–water partition coefficient (Wildman–Crippen LogP) is 6.18. The van der Waals surface area contributed by atoms with E-state index in [1.807, 2.05) is 58.1 Å². The van der Waals surface area contributed by atoms with Crippen LogP contribution in [0.2, 0.25) is 0 Å². The Balaban J connectivity index is 1.70. The predicted molar refractivity (Wildman–Crippen MR) is 245 cm³/mol. The topological polar surface area (TPSA) is 195 Å². The van der Waals surface area contributed by atoms with Gasteiger partial charge in [-0.3, -0.25) is 19.2 Å². The van der Waals surface area contributed by atoms with Gasteiger partial charge in [0.2, 0.25) is 5.79 Å². The molecule has 0 unspecified atom stereocenters. The zero-order valence-electron chi connectivity index (χ0n) is 40.6. The van der Waals surface area contributed by atoms with E-state index in [9.17, 15) is 39.3 Å². The van der Waals surface area contributed by atoms with E-state index in [1.165, 1.54) is 12.0 Å². The van der Waals surface area contributed by atoms with E-state index in [4.69, 9.17) is 23.7 Å². The molecule has 0 aromatic rings. The van der Waals surface area contributed by atoms with E-state index < -0.39 is 83.9 Å². The number of rotatable bonds is 6. The van der Waals surface area contributed by atoms with E-state index in [-0.39, 0.29) is 54.8 Å². The van der Waals surface area contributed by atoms with Crippen LogP contribution in [0.4, 0.5) is 0 Å². The summed E-state index contributed by atoms with van der Waals surface area (Å²) in [4.78, 5) is 71.8. The van der Waals surface area contributed by atoms with Gasteiger partial charge in [0.15, 0.2) is 5.78 Å². The zero-order chi connectivity index (χ0) is 48.2. The van der Waals surface area contributed by atoms with Crippen LogP contribution in [0.25, 0.3) is 0 Å². The van der Waals surface area contributed by atoms with Gasteiger partial charge in [0.05, 0.1) is 24.4 Å².